The van der Waals surface area contributed by atoms with Crippen LogP contribution in [-0.2, 0) is 4.79 Å². The van der Waals surface area contributed by atoms with E-state index in [0.29, 0.717) is 5.56 Å². The summed E-state index contributed by atoms with van der Waals surface area (Å²) < 4.78 is 0. The lowest BCUT2D eigenvalue weighted by molar-refractivity contribution is -0.116. The molecule has 1 amide bonds. The van der Waals surface area contributed by atoms with Crippen LogP contribution in [0, 0.1) is 6.92 Å². The fourth-order valence-corrected chi connectivity index (χ4v) is 1.09. The number of Topliss-reactive ketones (excluding diaryl/α,β-unsaturated/α-hetero) is 1. The number of carbonyl (C=O) groups is 2. The summed E-state index contributed by atoms with van der Waals surface area (Å²) >= 11 is 0. The van der Waals surface area contributed by atoms with Gasteiger partial charge in [-0.1, -0.05) is 17.7 Å². The zero-order valence-electron chi connectivity index (χ0n) is 8.33. The second-order valence-corrected chi connectivity index (χ2v) is 3.25. The van der Waals surface area contributed by atoms with E-state index < -0.39 is 0 Å². The quantitative estimate of drug-likeness (QED) is 0.783. The molecule has 0 aromatic heterocycles. The third-order valence-electron chi connectivity index (χ3n) is 1.78. The molecule has 3 nitrogen and oxygen atoms in total. The summed E-state index contributed by atoms with van der Waals surface area (Å²) in [6.45, 7) is 3.45. The normalized spacial score (nSPS) is 9.57. The highest BCUT2D eigenvalue weighted by Gasteiger charge is 2.04. The fourth-order valence-electron chi connectivity index (χ4n) is 1.09. The second kappa shape index (κ2) is 4.56. The summed E-state index contributed by atoms with van der Waals surface area (Å²) in [6.07, 6.45) is 0. The van der Waals surface area contributed by atoms with E-state index in [1.807, 2.05) is 19.1 Å². The summed E-state index contributed by atoms with van der Waals surface area (Å²) in [6, 6.07) is 7.25. The van der Waals surface area contributed by atoms with Crippen molar-refractivity contribution in [2.75, 3.05) is 6.54 Å². The fraction of sp³-hybridized carbons (Fsp3) is 0.273. The Labute approximate surface area is 83.1 Å². The maximum absolute atomic E-state index is 11.4. The Morgan fingerprint density at radius 1 is 1.36 bits per heavy atom. The number of rotatable bonds is 3. The minimum absolute atomic E-state index is 0.0500. The van der Waals surface area contributed by atoms with Crippen LogP contribution in [0.4, 0.5) is 0 Å². The summed E-state index contributed by atoms with van der Waals surface area (Å²) in [4.78, 5) is 22.1. The van der Waals surface area contributed by atoms with Crippen molar-refractivity contribution in [3.63, 3.8) is 0 Å². The van der Waals surface area contributed by atoms with E-state index in [2.05, 4.69) is 5.32 Å². The summed E-state index contributed by atoms with van der Waals surface area (Å²) in [5, 5.41) is 2.54. The molecule has 0 saturated carbocycles. The molecule has 3 heteroatoms. The van der Waals surface area contributed by atoms with Crippen LogP contribution in [-0.4, -0.2) is 18.2 Å². The van der Waals surface area contributed by atoms with Gasteiger partial charge >= 0.3 is 0 Å². The van der Waals surface area contributed by atoms with Gasteiger partial charge < -0.3 is 5.32 Å². The average molecular weight is 191 g/mol. The van der Waals surface area contributed by atoms with Crippen molar-refractivity contribution in [1.29, 1.82) is 0 Å². The van der Waals surface area contributed by atoms with Gasteiger partial charge in [0.2, 0.25) is 0 Å². The topological polar surface area (TPSA) is 46.2 Å². The van der Waals surface area contributed by atoms with Gasteiger partial charge in [0.05, 0.1) is 6.54 Å². The van der Waals surface area contributed by atoms with E-state index in [-0.39, 0.29) is 18.2 Å². The smallest absolute Gasteiger partial charge is 0.251 e. The van der Waals surface area contributed by atoms with Gasteiger partial charge in [-0.3, -0.25) is 9.59 Å². The molecule has 0 aliphatic carbocycles. The Morgan fingerprint density at radius 3 is 2.64 bits per heavy atom. The Kier molecular flexibility index (Phi) is 3.40. The molecule has 0 aliphatic rings. The molecule has 0 unspecified atom stereocenters. The van der Waals surface area contributed by atoms with Gasteiger partial charge in [0.15, 0.2) is 0 Å². The molecule has 1 aromatic carbocycles. The van der Waals surface area contributed by atoms with Crippen LogP contribution in [0.5, 0.6) is 0 Å². The van der Waals surface area contributed by atoms with E-state index in [0.717, 1.165) is 5.56 Å². The van der Waals surface area contributed by atoms with E-state index in [1.54, 1.807) is 12.1 Å². The molecule has 0 bridgehead atoms. The van der Waals surface area contributed by atoms with Crippen LogP contribution in [0.3, 0.4) is 0 Å². The molecule has 0 heterocycles. The van der Waals surface area contributed by atoms with E-state index in [4.69, 9.17) is 0 Å². The number of nitrogens with one attached hydrogen (secondary N) is 1. The summed E-state index contributed by atoms with van der Waals surface area (Å²) in [5.41, 5.74) is 1.62. The van der Waals surface area contributed by atoms with Crippen LogP contribution >= 0.6 is 0 Å². The first-order valence-corrected chi connectivity index (χ1v) is 4.44. The second-order valence-electron chi connectivity index (χ2n) is 3.25. The van der Waals surface area contributed by atoms with E-state index in [9.17, 15) is 9.59 Å². The third-order valence-corrected chi connectivity index (χ3v) is 1.78. The van der Waals surface area contributed by atoms with Crippen molar-refractivity contribution in [3.8, 4) is 0 Å². The molecule has 0 aliphatic heterocycles. The van der Waals surface area contributed by atoms with Gasteiger partial charge in [-0.15, -0.1) is 0 Å². The van der Waals surface area contributed by atoms with Crippen LogP contribution in [0.2, 0.25) is 0 Å². The lowest BCUT2D eigenvalue weighted by Gasteiger charge is -2.03. The first-order valence-electron chi connectivity index (χ1n) is 4.44. The number of carbonyl (C=O) groups excluding carboxylic acids is 2. The number of aryl methyl sites for hydroxylation is 1. The zero-order valence-corrected chi connectivity index (χ0v) is 8.33. The lowest BCUT2D eigenvalue weighted by atomic mass is 10.1. The summed E-state index contributed by atoms with van der Waals surface area (Å²) in [5.74, 6) is -0.255. The number of hydrogen-bond donors (Lipinski definition) is 1. The van der Waals surface area contributed by atoms with Gasteiger partial charge in [-0.05, 0) is 26.0 Å². The molecule has 1 aromatic rings. The molecule has 0 atom stereocenters. The molecule has 74 valence electrons. The first kappa shape index (κ1) is 10.4. The van der Waals surface area contributed by atoms with Gasteiger partial charge in [-0.25, -0.2) is 0 Å². The Hall–Kier alpha value is -1.64. The molecule has 1 N–H and O–H groups in total. The highest BCUT2D eigenvalue weighted by atomic mass is 16.2. The molecule has 0 fully saturated rings. The minimum Gasteiger partial charge on any atom is -0.345 e. The van der Waals surface area contributed by atoms with Gasteiger partial charge in [-0.2, -0.15) is 0 Å². The largest absolute Gasteiger partial charge is 0.345 e. The predicted molar refractivity (Wildman–Crippen MR) is 54.2 cm³/mol. The average Bonchev–Trinajstić information content (AvgIpc) is 2.14. The van der Waals surface area contributed by atoms with Crippen LogP contribution in [0.15, 0.2) is 24.3 Å². The number of benzene rings is 1. The molecule has 1 rings (SSSR count). The minimum atomic E-state index is -0.205. The summed E-state index contributed by atoms with van der Waals surface area (Å²) in [7, 11) is 0. The third kappa shape index (κ3) is 3.01. The lowest BCUT2D eigenvalue weighted by Crippen LogP contribution is -2.28. The maximum Gasteiger partial charge on any atom is 0.251 e. The number of amides is 1. The molecule has 0 saturated heterocycles. The van der Waals surface area contributed by atoms with Crippen molar-refractivity contribution >= 4 is 11.7 Å². The van der Waals surface area contributed by atoms with Crippen LogP contribution < -0.4 is 5.32 Å². The van der Waals surface area contributed by atoms with Crippen molar-refractivity contribution in [3.05, 3.63) is 35.4 Å². The molecule has 14 heavy (non-hydrogen) atoms. The Bertz CT molecular complexity index is 358. The molecule has 0 spiro atoms. The first-order chi connectivity index (χ1) is 6.59. The van der Waals surface area contributed by atoms with Crippen molar-refractivity contribution in [1.82, 2.24) is 5.32 Å². The number of ketones is 1. The zero-order chi connectivity index (χ0) is 10.6. The standard InChI is InChI=1S/C11H13NO2/c1-8-4-3-5-10(6-8)11(14)12-7-9(2)13/h3-6H,7H2,1-2H3,(H,12,14). The predicted octanol–water partition coefficient (Wildman–Crippen LogP) is 1.31. The van der Waals surface area contributed by atoms with E-state index >= 15 is 0 Å². The number of hydrogen-bond acceptors (Lipinski definition) is 2. The van der Waals surface area contributed by atoms with Gasteiger partial charge in [0, 0.05) is 5.56 Å². The van der Waals surface area contributed by atoms with Crippen molar-refractivity contribution in [2.45, 2.75) is 13.8 Å². The van der Waals surface area contributed by atoms with Crippen LogP contribution in [0.1, 0.15) is 22.8 Å². The molecular formula is C11H13NO2. The van der Waals surface area contributed by atoms with Crippen LogP contribution in [0.25, 0.3) is 0 Å². The van der Waals surface area contributed by atoms with Gasteiger partial charge in [0.1, 0.15) is 5.78 Å². The molecule has 0 radical (unpaired) electrons. The Morgan fingerprint density at radius 2 is 2.07 bits per heavy atom. The van der Waals surface area contributed by atoms with Crippen molar-refractivity contribution < 1.29 is 9.59 Å². The molecular weight excluding hydrogens is 178 g/mol. The van der Waals surface area contributed by atoms with E-state index in [1.165, 1.54) is 6.92 Å². The maximum atomic E-state index is 11.4. The highest BCUT2D eigenvalue weighted by molar-refractivity contribution is 5.96. The monoisotopic (exact) mass is 191 g/mol. The Balaban J connectivity index is 2.65. The SMILES string of the molecule is CC(=O)CNC(=O)c1cccc(C)c1. The van der Waals surface area contributed by atoms with Gasteiger partial charge in [0.25, 0.3) is 5.91 Å². The van der Waals surface area contributed by atoms with Crippen molar-refractivity contribution in [2.24, 2.45) is 0 Å². The highest BCUT2D eigenvalue weighted by Crippen LogP contribution is 2.03.